The van der Waals surface area contributed by atoms with E-state index in [4.69, 9.17) is 9.47 Å². The van der Waals surface area contributed by atoms with Gasteiger partial charge in [-0.15, -0.1) is 0 Å². The van der Waals surface area contributed by atoms with E-state index < -0.39 is 16.4 Å². The average molecular weight is 799 g/mol. The van der Waals surface area contributed by atoms with E-state index >= 15 is 0 Å². The van der Waals surface area contributed by atoms with Gasteiger partial charge in [-0.1, -0.05) is 82.2 Å². The summed E-state index contributed by atoms with van der Waals surface area (Å²) in [5, 5.41) is 3.51. The quantitative estimate of drug-likeness (QED) is 0.141. The zero-order valence-electron chi connectivity index (χ0n) is 37.4. The topological polar surface area (TPSA) is 129 Å². The molecule has 0 aromatic carbocycles. The van der Waals surface area contributed by atoms with Crippen LogP contribution < -0.4 is 5.32 Å². The normalized spacial score (nSPS) is 38.7. The van der Waals surface area contributed by atoms with E-state index in [0.29, 0.717) is 36.8 Å². The molecule has 0 bridgehead atoms. The van der Waals surface area contributed by atoms with Crippen molar-refractivity contribution in [2.75, 3.05) is 0 Å². The second kappa shape index (κ2) is 14.1. The fourth-order valence-electron chi connectivity index (χ4n) is 14.4. The summed E-state index contributed by atoms with van der Waals surface area (Å²) in [7, 11) is 0. The van der Waals surface area contributed by atoms with Crippen LogP contribution in [0.15, 0.2) is 29.3 Å². The maximum atomic E-state index is 14.4. The van der Waals surface area contributed by atoms with Crippen molar-refractivity contribution in [3.05, 3.63) is 40.7 Å². The van der Waals surface area contributed by atoms with Crippen molar-refractivity contribution in [2.45, 2.75) is 171 Å². The van der Waals surface area contributed by atoms with E-state index in [1.165, 1.54) is 5.57 Å². The van der Waals surface area contributed by atoms with Gasteiger partial charge in [-0.25, -0.2) is 0 Å². The number of rotatable bonds is 10. The second-order valence-electron chi connectivity index (χ2n) is 22.5. The summed E-state index contributed by atoms with van der Waals surface area (Å²) in [6.07, 6.45) is 7.95. The molecule has 318 valence electrons. The van der Waals surface area contributed by atoms with Gasteiger partial charge < -0.3 is 14.8 Å². The molecule has 0 saturated heterocycles. The highest BCUT2D eigenvalue weighted by Crippen LogP contribution is 2.76. The van der Waals surface area contributed by atoms with Crippen LogP contribution in [0.4, 0.5) is 0 Å². The molecule has 6 aliphatic rings. The van der Waals surface area contributed by atoms with E-state index in [0.717, 1.165) is 56.2 Å². The Kier molecular flexibility index (Phi) is 10.4. The largest absolute Gasteiger partial charge is 0.464 e. The molecule has 0 aliphatic heterocycles. The van der Waals surface area contributed by atoms with Gasteiger partial charge >= 0.3 is 5.97 Å². The summed E-state index contributed by atoms with van der Waals surface area (Å²) in [6, 6.07) is 5.39. The summed E-state index contributed by atoms with van der Waals surface area (Å²) in [5.74, 6) is 0.404. The number of hydrogen-bond acceptors (Lipinski definition) is 8. The van der Waals surface area contributed by atoms with Crippen molar-refractivity contribution in [3.63, 3.8) is 0 Å². The summed E-state index contributed by atoms with van der Waals surface area (Å²) >= 11 is 0. The first-order valence-electron chi connectivity index (χ1n) is 22.3. The third-order valence-corrected chi connectivity index (χ3v) is 18.1. The molecule has 10 atom stereocenters. The zero-order chi connectivity index (χ0) is 42.6. The minimum absolute atomic E-state index is 0.00765. The fourth-order valence-corrected chi connectivity index (χ4v) is 14.4. The number of ether oxygens (including phenoxy) is 2. The predicted octanol–water partition coefficient (Wildman–Crippen LogP) is 9.34. The van der Waals surface area contributed by atoms with E-state index in [-0.39, 0.29) is 87.9 Å². The summed E-state index contributed by atoms with van der Waals surface area (Å²) < 4.78 is 11.7. The van der Waals surface area contributed by atoms with Crippen LogP contribution in [0.25, 0.3) is 0 Å². The van der Waals surface area contributed by atoms with Gasteiger partial charge in [0.15, 0.2) is 11.6 Å². The lowest BCUT2D eigenvalue weighted by Gasteiger charge is -2.72. The minimum atomic E-state index is -0.995. The van der Waals surface area contributed by atoms with E-state index in [1.807, 2.05) is 46.8 Å². The zero-order valence-corrected chi connectivity index (χ0v) is 37.4. The minimum Gasteiger partial charge on any atom is -0.464 e. The van der Waals surface area contributed by atoms with Crippen LogP contribution in [0.2, 0.25) is 0 Å². The highest BCUT2D eigenvalue weighted by atomic mass is 16.6. The number of aryl methyl sites for hydroxylation is 1. The van der Waals surface area contributed by atoms with Gasteiger partial charge in [-0.2, -0.15) is 0 Å². The van der Waals surface area contributed by atoms with Gasteiger partial charge in [-0.05, 0) is 128 Å². The Morgan fingerprint density at radius 2 is 1.60 bits per heavy atom. The molecule has 1 aromatic rings. The molecule has 0 radical (unpaired) electrons. The third kappa shape index (κ3) is 6.27. The van der Waals surface area contributed by atoms with Gasteiger partial charge in [0, 0.05) is 29.4 Å². The maximum Gasteiger partial charge on any atom is 0.310 e. The molecule has 1 N–H and O–H groups in total. The number of aromatic nitrogens is 1. The lowest BCUT2D eigenvalue weighted by atomic mass is 9.33. The number of fused-ring (bicyclic) bond motifs is 7. The van der Waals surface area contributed by atoms with Crippen molar-refractivity contribution < 1.29 is 33.4 Å². The molecule has 6 aliphatic carbocycles. The first-order chi connectivity index (χ1) is 26.9. The number of carbonyl (C=O) groups is 5. The molecule has 1 amide bonds. The Hall–Kier alpha value is -3.36. The van der Waals surface area contributed by atoms with Crippen molar-refractivity contribution in [1.29, 1.82) is 0 Å². The van der Waals surface area contributed by atoms with Crippen LogP contribution in [-0.2, 0) is 28.7 Å². The SMILES string of the molecule is Cc1cccc(C(=O)CC(C)(C)C(=O)N[C@@]23CC[C@]4(C)[C@H](CC[C@@H]5[C@@]6(C)CC[C@H](OC(=O)[C@H]7C[C@@H](OC=O)C7(C)C)C(C)(C)[C@@H]6CC[C@]54C)C2=C(C(C)C)C(=O)C3)n1. The standard InChI is InChI=1S/C49H70N2O7/c1-28(2)39-34(54)26-49(51-42(56)43(4,5)25-33(53)32-15-13-14-29(3)50-32)23-22-47(11)30(40(39)49)16-17-36-46(10)20-19-37(45(8,9)35(46)18-21-48(36,47)12)58-41(55)31-24-38(57-27-52)44(31,6)7/h13-15,27-28,30-31,35-38H,16-26H2,1-12H3,(H,51,56)/t30-,31-,35+,36-,37+,38-,46+,47-,48-,49-/m1/s1. The number of amides is 1. The molecule has 9 heteroatoms. The molecule has 7 rings (SSSR count). The first-order valence-corrected chi connectivity index (χ1v) is 22.3. The van der Waals surface area contributed by atoms with Gasteiger partial charge in [-0.3, -0.25) is 29.0 Å². The predicted molar refractivity (Wildman–Crippen MR) is 222 cm³/mol. The Morgan fingerprint density at radius 3 is 2.24 bits per heavy atom. The third-order valence-electron chi connectivity index (χ3n) is 18.1. The summed E-state index contributed by atoms with van der Waals surface area (Å²) in [5.41, 5.74) is 0.805. The van der Waals surface area contributed by atoms with Crippen LogP contribution in [0, 0.1) is 69.0 Å². The number of carbonyl (C=O) groups excluding carboxylic acids is 5. The molecule has 58 heavy (non-hydrogen) atoms. The number of pyridine rings is 1. The van der Waals surface area contributed by atoms with Gasteiger partial charge in [0.2, 0.25) is 5.91 Å². The molecule has 0 spiro atoms. The number of Topliss-reactive ketones (excluding diaryl/α,β-unsaturated/α-hetero) is 2. The molecule has 1 aromatic heterocycles. The van der Waals surface area contributed by atoms with Crippen molar-refractivity contribution in [3.8, 4) is 0 Å². The highest BCUT2D eigenvalue weighted by molar-refractivity contribution is 6.03. The lowest BCUT2D eigenvalue weighted by molar-refractivity contribution is -0.236. The number of esters is 1. The van der Waals surface area contributed by atoms with E-state index in [9.17, 15) is 24.0 Å². The van der Waals surface area contributed by atoms with Crippen molar-refractivity contribution in [2.24, 2.45) is 62.1 Å². The second-order valence-corrected chi connectivity index (χ2v) is 22.5. The van der Waals surface area contributed by atoms with Crippen LogP contribution in [0.1, 0.15) is 163 Å². The number of hydrogen-bond donors (Lipinski definition) is 1. The van der Waals surface area contributed by atoms with Gasteiger partial charge in [0.1, 0.15) is 17.9 Å². The Balaban J connectivity index is 1.13. The fraction of sp³-hybridized carbons (Fsp3) is 0.755. The first kappa shape index (κ1) is 42.8. The molecule has 0 unspecified atom stereocenters. The van der Waals surface area contributed by atoms with Crippen molar-refractivity contribution in [1.82, 2.24) is 10.3 Å². The number of allylic oxidation sites excluding steroid dienone is 1. The number of ketones is 2. The smallest absolute Gasteiger partial charge is 0.310 e. The summed E-state index contributed by atoms with van der Waals surface area (Å²) in [4.78, 5) is 71.2. The van der Waals surface area contributed by atoms with Crippen LogP contribution >= 0.6 is 0 Å². The van der Waals surface area contributed by atoms with E-state index in [1.54, 1.807) is 6.07 Å². The molecule has 5 saturated carbocycles. The molecule has 1 heterocycles. The van der Waals surface area contributed by atoms with Crippen LogP contribution in [0.3, 0.4) is 0 Å². The molecular formula is C49H70N2O7. The Labute approximate surface area is 347 Å². The monoisotopic (exact) mass is 799 g/mol. The van der Waals surface area contributed by atoms with Gasteiger partial charge in [0.05, 0.1) is 16.9 Å². The number of nitrogens with one attached hydrogen (secondary N) is 1. The maximum absolute atomic E-state index is 14.4. The van der Waals surface area contributed by atoms with Crippen molar-refractivity contribution >= 4 is 29.9 Å². The highest BCUT2D eigenvalue weighted by Gasteiger charge is 2.70. The number of nitrogens with zero attached hydrogens (tertiary/aromatic N) is 1. The van der Waals surface area contributed by atoms with Crippen LogP contribution in [0.5, 0.6) is 0 Å². The Bertz CT molecular complexity index is 1930. The van der Waals surface area contributed by atoms with Crippen LogP contribution in [-0.4, -0.2) is 52.6 Å². The average Bonchev–Trinajstić information content (AvgIpc) is 3.42. The molecule has 5 fully saturated rings. The molecular weight excluding hydrogens is 729 g/mol. The summed E-state index contributed by atoms with van der Waals surface area (Å²) in [6.45, 7) is 26.4. The molecule has 9 nitrogen and oxygen atoms in total. The lowest BCUT2D eigenvalue weighted by Crippen LogP contribution is -2.67. The Morgan fingerprint density at radius 1 is 0.897 bits per heavy atom. The van der Waals surface area contributed by atoms with E-state index in [2.05, 4.69) is 58.8 Å². The van der Waals surface area contributed by atoms with Gasteiger partial charge in [0.25, 0.3) is 6.47 Å².